The van der Waals surface area contributed by atoms with Crippen molar-refractivity contribution in [1.29, 1.82) is 0 Å². The van der Waals surface area contributed by atoms with Gasteiger partial charge in [0.05, 0.1) is 15.6 Å². The smallest absolute Gasteiger partial charge is 0.255 e. The number of hydrogen-bond donors (Lipinski definition) is 1. The van der Waals surface area contributed by atoms with Gasteiger partial charge in [-0.1, -0.05) is 23.2 Å². The molecule has 0 aliphatic carbocycles. The number of nitrogens with zero attached hydrogens (tertiary/aromatic N) is 1. The van der Waals surface area contributed by atoms with Crippen LogP contribution in [-0.4, -0.2) is 13.4 Å². The summed E-state index contributed by atoms with van der Waals surface area (Å²) in [5.41, 5.74) is 0.647. The molecule has 0 fully saturated rings. The summed E-state index contributed by atoms with van der Waals surface area (Å²) in [6, 6.07) is 6.48. The molecule has 3 rings (SSSR count). The second-order valence-corrected chi connectivity index (χ2v) is 9.75. The van der Waals surface area contributed by atoms with Crippen molar-refractivity contribution in [3.05, 3.63) is 48.6 Å². The molecular formula is C13H7Cl2IN2O2S3. The van der Waals surface area contributed by atoms with Gasteiger partial charge in [0.25, 0.3) is 10.0 Å². The molecule has 23 heavy (non-hydrogen) atoms. The lowest BCUT2D eigenvalue weighted by atomic mass is 10.4. The van der Waals surface area contributed by atoms with Gasteiger partial charge in [0.1, 0.15) is 4.90 Å². The summed E-state index contributed by atoms with van der Waals surface area (Å²) in [6.07, 6.45) is 0. The number of aromatic nitrogens is 1. The standard InChI is InChI=1S/C13H7Cl2IN2O2S3/c14-7-1-2-9(16)11(5-7)23(19,20)18-13-17-10(6-22-13)12-8(15)3-4-21-12/h1-6H,(H,17,18). The lowest BCUT2D eigenvalue weighted by molar-refractivity contribution is 0.600. The number of thiazole rings is 1. The maximum atomic E-state index is 12.5. The van der Waals surface area contributed by atoms with Crippen LogP contribution in [0.4, 0.5) is 5.13 Å². The zero-order valence-electron chi connectivity index (χ0n) is 11.1. The van der Waals surface area contributed by atoms with E-state index < -0.39 is 10.0 Å². The van der Waals surface area contributed by atoms with Crippen LogP contribution in [0.25, 0.3) is 10.6 Å². The Kier molecular flexibility index (Phi) is 5.19. The minimum absolute atomic E-state index is 0.122. The molecule has 0 aliphatic heterocycles. The first-order valence-electron chi connectivity index (χ1n) is 6.03. The molecule has 2 aromatic heterocycles. The number of rotatable bonds is 4. The van der Waals surface area contributed by atoms with Gasteiger partial charge in [0.15, 0.2) is 5.13 Å². The van der Waals surface area contributed by atoms with Crippen molar-refractivity contribution in [3.63, 3.8) is 0 Å². The van der Waals surface area contributed by atoms with E-state index in [0.717, 1.165) is 4.88 Å². The summed E-state index contributed by atoms with van der Waals surface area (Å²) < 4.78 is 28.1. The van der Waals surface area contributed by atoms with Crippen molar-refractivity contribution in [2.45, 2.75) is 4.90 Å². The van der Waals surface area contributed by atoms with E-state index in [-0.39, 0.29) is 10.0 Å². The molecule has 0 radical (unpaired) electrons. The predicted molar refractivity (Wildman–Crippen MR) is 105 cm³/mol. The van der Waals surface area contributed by atoms with Gasteiger partial charge in [-0.25, -0.2) is 13.4 Å². The van der Waals surface area contributed by atoms with Crippen molar-refractivity contribution >= 4 is 83.6 Å². The molecule has 0 spiro atoms. The Hall–Kier alpha value is -0.390. The quantitative estimate of drug-likeness (QED) is 0.460. The van der Waals surface area contributed by atoms with Gasteiger partial charge in [-0.2, -0.15) is 0 Å². The van der Waals surface area contributed by atoms with Gasteiger partial charge < -0.3 is 0 Å². The fourth-order valence-electron chi connectivity index (χ4n) is 1.75. The van der Waals surface area contributed by atoms with E-state index >= 15 is 0 Å². The van der Waals surface area contributed by atoms with Gasteiger partial charge in [0, 0.05) is 14.0 Å². The maximum Gasteiger partial charge on any atom is 0.264 e. The van der Waals surface area contributed by atoms with Gasteiger partial charge >= 0.3 is 0 Å². The average Bonchev–Trinajstić information content (AvgIpc) is 3.09. The molecule has 0 bridgehead atoms. The van der Waals surface area contributed by atoms with Gasteiger partial charge in [-0.15, -0.1) is 22.7 Å². The van der Waals surface area contributed by atoms with Gasteiger partial charge in [0.2, 0.25) is 0 Å². The fourth-order valence-corrected chi connectivity index (χ4v) is 6.44. The van der Waals surface area contributed by atoms with Crippen LogP contribution >= 0.6 is 68.5 Å². The van der Waals surface area contributed by atoms with Crippen molar-refractivity contribution in [3.8, 4) is 10.6 Å². The van der Waals surface area contributed by atoms with Crippen LogP contribution in [-0.2, 0) is 10.0 Å². The first-order valence-corrected chi connectivity index (χ1v) is 11.1. The molecule has 0 unspecified atom stereocenters. The first kappa shape index (κ1) is 17.4. The Balaban J connectivity index is 1.91. The van der Waals surface area contributed by atoms with Crippen molar-refractivity contribution in [1.82, 2.24) is 4.98 Å². The molecule has 0 atom stereocenters. The summed E-state index contributed by atoms with van der Waals surface area (Å²) in [5.74, 6) is 0. The minimum atomic E-state index is -3.76. The van der Waals surface area contributed by atoms with E-state index in [4.69, 9.17) is 23.2 Å². The monoisotopic (exact) mass is 516 g/mol. The normalized spacial score (nSPS) is 11.6. The molecule has 0 saturated carbocycles. The molecule has 2 heterocycles. The molecule has 10 heteroatoms. The summed E-state index contributed by atoms with van der Waals surface area (Å²) in [4.78, 5) is 5.23. The lowest BCUT2D eigenvalue weighted by Crippen LogP contribution is -2.14. The highest BCUT2D eigenvalue weighted by Gasteiger charge is 2.20. The van der Waals surface area contributed by atoms with Crippen LogP contribution in [0.2, 0.25) is 10.0 Å². The molecule has 120 valence electrons. The molecule has 1 aromatic carbocycles. The molecule has 0 aliphatic rings. The summed E-state index contributed by atoms with van der Waals surface area (Å²) in [5, 5.41) is 4.85. The van der Waals surface area contributed by atoms with Crippen LogP contribution in [0.15, 0.2) is 39.9 Å². The fraction of sp³-hybridized carbons (Fsp3) is 0. The molecule has 0 saturated heterocycles. The average molecular weight is 517 g/mol. The SMILES string of the molecule is O=S(=O)(Nc1nc(-c2sccc2Cl)cs1)c1cc(Cl)ccc1I. The number of benzene rings is 1. The molecule has 0 amide bonds. The van der Waals surface area contributed by atoms with E-state index in [1.165, 1.54) is 28.7 Å². The Morgan fingerprint density at radius 2 is 1.96 bits per heavy atom. The van der Waals surface area contributed by atoms with Gasteiger partial charge in [-0.3, -0.25) is 4.72 Å². The van der Waals surface area contributed by atoms with E-state index in [9.17, 15) is 8.42 Å². The second kappa shape index (κ2) is 6.85. The molecule has 4 nitrogen and oxygen atoms in total. The maximum absolute atomic E-state index is 12.5. The number of anilines is 1. The summed E-state index contributed by atoms with van der Waals surface area (Å²) in [6.45, 7) is 0. The first-order chi connectivity index (χ1) is 10.9. The van der Waals surface area contributed by atoms with Crippen LogP contribution in [0, 0.1) is 3.57 Å². The zero-order valence-corrected chi connectivity index (χ0v) is 17.2. The van der Waals surface area contributed by atoms with Crippen molar-refractivity contribution in [2.24, 2.45) is 0 Å². The predicted octanol–water partition coefficient (Wildman–Crippen LogP) is 5.58. The third kappa shape index (κ3) is 3.83. The van der Waals surface area contributed by atoms with E-state index in [1.807, 2.05) is 28.0 Å². The third-order valence-corrected chi connectivity index (χ3v) is 7.93. The Bertz CT molecular complexity index is 969. The topological polar surface area (TPSA) is 59.1 Å². The van der Waals surface area contributed by atoms with Crippen molar-refractivity contribution in [2.75, 3.05) is 4.72 Å². The van der Waals surface area contributed by atoms with Gasteiger partial charge in [-0.05, 0) is 52.2 Å². The van der Waals surface area contributed by atoms with Crippen LogP contribution < -0.4 is 4.72 Å². The van der Waals surface area contributed by atoms with Crippen molar-refractivity contribution < 1.29 is 8.42 Å². The van der Waals surface area contributed by atoms with E-state index in [2.05, 4.69) is 9.71 Å². The molecule has 3 aromatic rings. The number of hydrogen-bond acceptors (Lipinski definition) is 5. The highest BCUT2D eigenvalue weighted by Crippen LogP contribution is 2.35. The minimum Gasteiger partial charge on any atom is -0.255 e. The number of halogens is 3. The second-order valence-electron chi connectivity index (χ2n) is 4.32. The highest BCUT2D eigenvalue weighted by molar-refractivity contribution is 14.1. The van der Waals surface area contributed by atoms with E-state index in [1.54, 1.807) is 23.6 Å². The Labute approximate surface area is 164 Å². The molecule has 1 N–H and O–H groups in total. The van der Waals surface area contributed by atoms with Crippen LogP contribution in [0.1, 0.15) is 0 Å². The number of nitrogens with one attached hydrogen (secondary N) is 1. The van der Waals surface area contributed by atoms with Crippen LogP contribution in [0.3, 0.4) is 0 Å². The van der Waals surface area contributed by atoms with E-state index in [0.29, 0.717) is 19.3 Å². The lowest BCUT2D eigenvalue weighted by Gasteiger charge is -2.07. The Morgan fingerprint density at radius 1 is 1.17 bits per heavy atom. The number of thiophene rings is 1. The van der Waals surface area contributed by atoms with Crippen LogP contribution in [0.5, 0.6) is 0 Å². The Morgan fingerprint density at radius 3 is 2.65 bits per heavy atom. The largest absolute Gasteiger partial charge is 0.264 e. The third-order valence-electron chi connectivity index (χ3n) is 2.76. The highest BCUT2D eigenvalue weighted by atomic mass is 127. The number of sulfonamides is 1. The molecular weight excluding hydrogens is 510 g/mol. The zero-order chi connectivity index (χ0) is 16.6. The summed E-state index contributed by atoms with van der Waals surface area (Å²) >= 11 is 16.6. The summed E-state index contributed by atoms with van der Waals surface area (Å²) in [7, 11) is -3.76.